The molecule has 0 aliphatic carbocycles. The van der Waals surface area contributed by atoms with Gasteiger partial charge in [-0.25, -0.2) is 8.42 Å². The Bertz CT molecular complexity index is 159. The van der Waals surface area contributed by atoms with Crippen LogP contribution in [0.1, 0.15) is 0 Å². The first-order valence-electron chi connectivity index (χ1n) is 2.52. The number of hydrogen-bond acceptors (Lipinski definition) is 4. The molecule has 0 fully saturated rings. The van der Waals surface area contributed by atoms with E-state index in [0.29, 0.717) is 0 Å². The van der Waals surface area contributed by atoms with Crippen molar-refractivity contribution in [2.45, 2.75) is 5.25 Å². The number of sulfone groups is 1. The maximum absolute atomic E-state index is 10.6. The van der Waals surface area contributed by atoms with E-state index in [1.165, 1.54) is 0 Å². The van der Waals surface area contributed by atoms with Crippen molar-refractivity contribution in [1.29, 1.82) is 0 Å². The highest BCUT2D eigenvalue weighted by molar-refractivity contribution is 7.91. The van der Waals surface area contributed by atoms with Gasteiger partial charge < -0.3 is 10.8 Å². The van der Waals surface area contributed by atoms with E-state index < -0.39 is 21.7 Å². The molecule has 1 atom stereocenters. The summed E-state index contributed by atoms with van der Waals surface area (Å²) in [6.07, 6.45) is 1.06. The smallest absolute Gasteiger partial charge is 0.153 e. The molecule has 0 aliphatic heterocycles. The minimum Gasteiger partial charge on any atom is -0.395 e. The molecular weight excluding hydrogens is 142 g/mol. The van der Waals surface area contributed by atoms with Crippen LogP contribution in [0.15, 0.2) is 0 Å². The van der Waals surface area contributed by atoms with Crippen LogP contribution in [0.5, 0.6) is 0 Å². The summed E-state index contributed by atoms with van der Waals surface area (Å²) in [6.45, 7) is -0.412. The monoisotopic (exact) mass is 153 g/mol. The highest BCUT2D eigenvalue weighted by Crippen LogP contribution is 1.93. The molecule has 1 unspecified atom stereocenters. The van der Waals surface area contributed by atoms with E-state index in [9.17, 15) is 8.42 Å². The second kappa shape index (κ2) is 3.14. The molecule has 0 aliphatic rings. The van der Waals surface area contributed by atoms with Crippen molar-refractivity contribution in [2.75, 3.05) is 19.4 Å². The number of nitrogens with two attached hydrogens (primary N) is 1. The molecule has 0 radical (unpaired) electrons. The fraction of sp³-hybridized carbons (Fsp3) is 1.00. The summed E-state index contributed by atoms with van der Waals surface area (Å²) >= 11 is 0. The first-order valence-corrected chi connectivity index (χ1v) is 4.47. The van der Waals surface area contributed by atoms with Crippen molar-refractivity contribution in [3.05, 3.63) is 0 Å². The van der Waals surface area contributed by atoms with Gasteiger partial charge in [0.15, 0.2) is 9.84 Å². The second-order valence-electron chi connectivity index (χ2n) is 1.87. The predicted octanol–water partition coefficient (Wildman–Crippen LogP) is -1.65. The van der Waals surface area contributed by atoms with E-state index in [0.717, 1.165) is 6.26 Å². The highest BCUT2D eigenvalue weighted by Gasteiger charge is 2.16. The van der Waals surface area contributed by atoms with E-state index in [1.807, 2.05) is 0 Å². The maximum atomic E-state index is 10.6. The minimum absolute atomic E-state index is 0.0185. The molecule has 0 heterocycles. The summed E-state index contributed by atoms with van der Waals surface area (Å²) in [5, 5.41) is 7.61. The van der Waals surface area contributed by atoms with Crippen molar-refractivity contribution < 1.29 is 13.5 Å². The first kappa shape index (κ1) is 8.87. The molecule has 0 aromatic carbocycles. The Morgan fingerprint density at radius 2 is 2.11 bits per heavy atom. The first-order chi connectivity index (χ1) is 4.02. The molecule has 0 spiro atoms. The van der Waals surface area contributed by atoms with E-state index in [4.69, 9.17) is 10.8 Å². The summed E-state index contributed by atoms with van der Waals surface area (Å²) in [5.41, 5.74) is 5.03. The average molecular weight is 153 g/mol. The number of aliphatic hydroxyl groups excluding tert-OH is 1. The van der Waals surface area contributed by atoms with Crippen LogP contribution in [0.2, 0.25) is 0 Å². The van der Waals surface area contributed by atoms with Gasteiger partial charge in [-0.1, -0.05) is 0 Å². The fourth-order valence-electron chi connectivity index (χ4n) is 0.385. The summed E-state index contributed by atoms with van der Waals surface area (Å²) < 4.78 is 21.1. The molecule has 0 amide bonds. The Balaban J connectivity index is 4.14. The molecule has 0 bridgehead atoms. The van der Waals surface area contributed by atoms with Crippen molar-refractivity contribution in [1.82, 2.24) is 0 Å². The van der Waals surface area contributed by atoms with Crippen LogP contribution in [0.25, 0.3) is 0 Å². The molecule has 0 aromatic heterocycles. The second-order valence-corrected chi connectivity index (χ2v) is 4.20. The fourth-order valence-corrected chi connectivity index (χ4v) is 1.01. The van der Waals surface area contributed by atoms with Crippen molar-refractivity contribution in [3.63, 3.8) is 0 Å². The lowest BCUT2D eigenvalue weighted by atomic mass is 10.5. The van der Waals surface area contributed by atoms with Gasteiger partial charge >= 0.3 is 0 Å². The van der Waals surface area contributed by atoms with Gasteiger partial charge in [0.25, 0.3) is 0 Å². The van der Waals surface area contributed by atoms with Crippen LogP contribution >= 0.6 is 0 Å². The summed E-state index contributed by atoms with van der Waals surface area (Å²) in [6, 6.07) is 0. The molecule has 56 valence electrons. The lowest BCUT2D eigenvalue weighted by Crippen LogP contribution is -2.31. The van der Waals surface area contributed by atoms with Crippen molar-refractivity contribution in [2.24, 2.45) is 5.73 Å². The number of hydrogen-bond donors (Lipinski definition) is 2. The molecule has 0 saturated heterocycles. The minimum atomic E-state index is -3.14. The van der Waals surface area contributed by atoms with Gasteiger partial charge in [0.05, 0.1) is 11.9 Å². The lowest BCUT2D eigenvalue weighted by molar-refractivity contribution is 0.292. The van der Waals surface area contributed by atoms with E-state index in [1.54, 1.807) is 0 Å². The third-order valence-corrected chi connectivity index (χ3v) is 2.62. The Labute approximate surface area is 54.6 Å². The maximum Gasteiger partial charge on any atom is 0.153 e. The normalized spacial score (nSPS) is 15.4. The molecule has 0 aromatic rings. The van der Waals surface area contributed by atoms with Gasteiger partial charge in [-0.3, -0.25) is 0 Å². The lowest BCUT2D eigenvalue weighted by Gasteiger charge is -2.06. The van der Waals surface area contributed by atoms with E-state index >= 15 is 0 Å². The average Bonchev–Trinajstić information content (AvgIpc) is 1.65. The third kappa shape index (κ3) is 2.78. The van der Waals surface area contributed by atoms with E-state index in [-0.39, 0.29) is 6.54 Å². The van der Waals surface area contributed by atoms with Gasteiger partial charge in [0, 0.05) is 12.8 Å². The van der Waals surface area contributed by atoms with E-state index in [2.05, 4.69) is 0 Å². The quantitative estimate of drug-likeness (QED) is 0.509. The zero-order valence-corrected chi connectivity index (χ0v) is 6.06. The van der Waals surface area contributed by atoms with Gasteiger partial charge in [-0.05, 0) is 0 Å². The largest absolute Gasteiger partial charge is 0.395 e. The van der Waals surface area contributed by atoms with Crippen LogP contribution in [-0.2, 0) is 9.84 Å². The summed E-state index contributed by atoms with van der Waals surface area (Å²) in [5.74, 6) is 0. The molecular formula is C4H11NO3S. The molecule has 9 heavy (non-hydrogen) atoms. The molecule has 4 nitrogen and oxygen atoms in total. The van der Waals surface area contributed by atoms with Crippen LogP contribution in [0, 0.1) is 0 Å². The van der Waals surface area contributed by atoms with Gasteiger partial charge in [0.2, 0.25) is 0 Å². The van der Waals surface area contributed by atoms with Gasteiger partial charge in [0.1, 0.15) is 0 Å². The number of aliphatic hydroxyl groups is 1. The zero-order valence-electron chi connectivity index (χ0n) is 5.24. The van der Waals surface area contributed by atoms with Crippen molar-refractivity contribution in [3.8, 4) is 0 Å². The summed E-state index contributed by atoms with van der Waals surface area (Å²) in [4.78, 5) is 0. The Hall–Kier alpha value is -0.130. The van der Waals surface area contributed by atoms with Gasteiger partial charge in [-0.2, -0.15) is 0 Å². The Morgan fingerprint density at radius 3 is 2.11 bits per heavy atom. The SMILES string of the molecule is CS(=O)(=O)C(CN)CO. The molecule has 0 saturated carbocycles. The molecule has 3 N–H and O–H groups in total. The molecule has 0 rings (SSSR count). The standard InChI is InChI=1S/C4H11NO3S/c1-9(7,8)4(2-5)3-6/h4,6H,2-3,5H2,1H3. The topological polar surface area (TPSA) is 80.4 Å². The predicted molar refractivity (Wildman–Crippen MR) is 34.8 cm³/mol. The van der Waals surface area contributed by atoms with Crippen LogP contribution in [0.3, 0.4) is 0 Å². The third-order valence-electron chi connectivity index (χ3n) is 1.07. The van der Waals surface area contributed by atoms with Crippen LogP contribution in [-0.4, -0.2) is 38.2 Å². The highest BCUT2D eigenvalue weighted by atomic mass is 32.2. The van der Waals surface area contributed by atoms with Crippen LogP contribution in [0.4, 0.5) is 0 Å². The summed E-state index contributed by atoms with van der Waals surface area (Å²) in [7, 11) is -3.14. The Kier molecular flexibility index (Phi) is 3.10. The Morgan fingerprint density at radius 1 is 1.67 bits per heavy atom. The van der Waals surface area contributed by atoms with Crippen molar-refractivity contribution >= 4 is 9.84 Å². The number of rotatable bonds is 3. The van der Waals surface area contributed by atoms with Gasteiger partial charge in [-0.15, -0.1) is 0 Å². The molecule has 5 heteroatoms. The van der Waals surface area contributed by atoms with Crippen LogP contribution < -0.4 is 5.73 Å². The zero-order chi connectivity index (χ0) is 7.49.